The molecule has 0 spiro atoms. The molecule has 2 aromatic carbocycles. The SMILES string of the molecule is COc1cc(Cl)c(C)cc1NC(=O)c1ccc(Cl)c(NC(=O)c2cccs2)c1. The third-order valence-corrected chi connectivity index (χ3v) is 5.56. The van der Waals surface area contributed by atoms with E-state index in [-0.39, 0.29) is 11.8 Å². The van der Waals surface area contributed by atoms with E-state index >= 15 is 0 Å². The van der Waals surface area contributed by atoms with Crippen molar-refractivity contribution in [2.75, 3.05) is 17.7 Å². The summed E-state index contributed by atoms with van der Waals surface area (Å²) in [5.41, 5.74) is 1.98. The number of anilines is 2. The number of amides is 2. The van der Waals surface area contributed by atoms with Crippen LogP contribution >= 0.6 is 34.5 Å². The zero-order chi connectivity index (χ0) is 20.3. The molecule has 0 bridgehead atoms. The Morgan fingerprint density at radius 3 is 2.39 bits per heavy atom. The summed E-state index contributed by atoms with van der Waals surface area (Å²) in [6, 6.07) is 11.5. The van der Waals surface area contributed by atoms with Crippen LogP contribution in [0.2, 0.25) is 10.0 Å². The molecule has 0 saturated heterocycles. The van der Waals surface area contributed by atoms with Crippen molar-refractivity contribution >= 4 is 57.7 Å². The van der Waals surface area contributed by atoms with Gasteiger partial charge in [-0.2, -0.15) is 0 Å². The molecule has 28 heavy (non-hydrogen) atoms. The lowest BCUT2D eigenvalue weighted by Gasteiger charge is -2.13. The standard InChI is InChI=1S/C20H16Cl2N2O3S/c1-11-8-16(17(27-2)10-14(11)22)24-19(25)12-5-6-13(21)15(9-12)23-20(26)18-4-3-7-28-18/h3-10H,1-2H3,(H,23,26)(H,24,25). The Bertz CT molecular complexity index is 1040. The molecular formula is C20H16Cl2N2O3S. The molecule has 3 rings (SSSR count). The number of nitrogens with one attached hydrogen (secondary N) is 2. The van der Waals surface area contributed by atoms with Crippen molar-refractivity contribution < 1.29 is 14.3 Å². The maximum absolute atomic E-state index is 12.7. The van der Waals surface area contributed by atoms with E-state index < -0.39 is 0 Å². The topological polar surface area (TPSA) is 67.4 Å². The zero-order valence-electron chi connectivity index (χ0n) is 15.0. The fourth-order valence-corrected chi connectivity index (χ4v) is 3.42. The number of carbonyl (C=O) groups excluding carboxylic acids is 2. The van der Waals surface area contributed by atoms with Gasteiger partial charge >= 0.3 is 0 Å². The van der Waals surface area contributed by atoms with Gasteiger partial charge in [0.25, 0.3) is 11.8 Å². The Balaban J connectivity index is 1.83. The molecule has 0 aliphatic rings. The molecule has 2 N–H and O–H groups in total. The van der Waals surface area contributed by atoms with Gasteiger partial charge in [0.2, 0.25) is 0 Å². The minimum absolute atomic E-state index is 0.288. The van der Waals surface area contributed by atoms with Crippen molar-refractivity contribution in [2.24, 2.45) is 0 Å². The van der Waals surface area contributed by atoms with E-state index in [1.807, 2.05) is 12.3 Å². The fourth-order valence-electron chi connectivity index (χ4n) is 2.48. The molecule has 0 radical (unpaired) electrons. The highest BCUT2D eigenvalue weighted by atomic mass is 35.5. The lowest BCUT2D eigenvalue weighted by atomic mass is 10.1. The first-order chi connectivity index (χ1) is 13.4. The van der Waals surface area contributed by atoms with E-state index in [0.717, 1.165) is 5.56 Å². The molecule has 2 amide bonds. The number of aryl methyl sites for hydroxylation is 1. The normalized spacial score (nSPS) is 10.4. The largest absolute Gasteiger partial charge is 0.495 e. The maximum Gasteiger partial charge on any atom is 0.265 e. The highest BCUT2D eigenvalue weighted by Crippen LogP contribution is 2.32. The van der Waals surface area contributed by atoms with E-state index in [0.29, 0.717) is 37.6 Å². The van der Waals surface area contributed by atoms with Crippen LogP contribution in [0, 0.1) is 6.92 Å². The number of ether oxygens (including phenoxy) is 1. The van der Waals surface area contributed by atoms with Crippen LogP contribution in [-0.4, -0.2) is 18.9 Å². The van der Waals surface area contributed by atoms with Gasteiger partial charge in [-0.1, -0.05) is 29.3 Å². The predicted octanol–water partition coefficient (Wildman–Crippen LogP) is 5.88. The number of thiophene rings is 1. The van der Waals surface area contributed by atoms with E-state index in [9.17, 15) is 9.59 Å². The summed E-state index contributed by atoms with van der Waals surface area (Å²) in [5.74, 6) is -0.211. The number of hydrogen-bond acceptors (Lipinski definition) is 4. The molecule has 0 fully saturated rings. The smallest absolute Gasteiger partial charge is 0.265 e. The van der Waals surface area contributed by atoms with Crippen LogP contribution in [-0.2, 0) is 0 Å². The van der Waals surface area contributed by atoms with Gasteiger partial charge in [-0.25, -0.2) is 0 Å². The third kappa shape index (κ3) is 4.47. The summed E-state index contributed by atoms with van der Waals surface area (Å²) in [6.45, 7) is 1.83. The minimum Gasteiger partial charge on any atom is -0.495 e. The number of halogens is 2. The molecule has 3 aromatic rings. The first-order valence-electron chi connectivity index (χ1n) is 8.19. The highest BCUT2D eigenvalue weighted by molar-refractivity contribution is 7.12. The molecule has 0 aliphatic heterocycles. The summed E-state index contributed by atoms with van der Waals surface area (Å²) >= 11 is 13.6. The number of hydrogen-bond donors (Lipinski definition) is 2. The van der Waals surface area contributed by atoms with Gasteiger partial charge in [-0.05, 0) is 48.2 Å². The fraction of sp³-hybridized carbons (Fsp3) is 0.100. The van der Waals surface area contributed by atoms with Gasteiger partial charge in [0.15, 0.2) is 0 Å². The molecule has 0 unspecified atom stereocenters. The van der Waals surface area contributed by atoms with E-state index in [4.69, 9.17) is 27.9 Å². The van der Waals surface area contributed by atoms with Gasteiger partial charge < -0.3 is 15.4 Å². The lowest BCUT2D eigenvalue weighted by molar-refractivity contribution is 0.101. The second-order valence-corrected chi connectivity index (χ2v) is 7.64. The van der Waals surface area contributed by atoms with E-state index in [1.54, 1.807) is 36.4 Å². The summed E-state index contributed by atoms with van der Waals surface area (Å²) in [6.07, 6.45) is 0. The Labute approximate surface area is 176 Å². The van der Waals surface area contributed by atoms with Gasteiger partial charge in [-0.15, -0.1) is 11.3 Å². The third-order valence-electron chi connectivity index (χ3n) is 3.95. The average molecular weight is 435 g/mol. The van der Waals surface area contributed by atoms with Crippen LogP contribution in [0.25, 0.3) is 0 Å². The summed E-state index contributed by atoms with van der Waals surface area (Å²) in [4.78, 5) is 25.5. The average Bonchev–Trinajstić information content (AvgIpc) is 3.21. The lowest BCUT2D eigenvalue weighted by Crippen LogP contribution is -2.15. The van der Waals surface area contributed by atoms with Gasteiger partial charge in [-0.3, -0.25) is 9.59 Å². The highest BCUT2D eigenvalue weighted by Gasteiger charge is 2.15. The quantitative estimate of drug-likeness (QED) is 0.526. The molecule has 0 aliphatic carbocycles. The molecule has 1 aromatic heterocycles. The monoisotopic (exact) mass is 434 g/mol. The van der Waals surface area contributed by atoms with Crippen LogP contribution in [0.15, 0.2) is 47.8 Å². The van der Waals surface area contributed by atoms with Gasteiger partial charge in [0, 0.05) is 16.7 Å². The van der Waals surface area contributed by atoms with Crippen molar-refractivity contribution in [3.63, 3.8) is 0 Å². The van der Waals surface area contributed by atoms with Gasteiger partial charge in [0.05, 0.1) is 28.4 Å². The molecule has 0 saturated carbocycles. The first-order valence-corrected chi connectivity index (χ1v) is 9.82. The Morgan fingerprint density at radius 1 is 0.964 bits per heavy atom. The molecule has 144 valence electrons. The van der Waals surface area contributed by atoms with Crippen LogP contribution in [0.4, 0.5) is 11.4 Å². The second kappa shape index (κ2) is 8.65. The van der Waals surface area contributed by atoms with E-state index in [2.05, 4.69) is 10.6 Å². The predicted molar refractivity (Wildman–Crippen MR) is 114 cm³/mol. The van der Waals surface area contributed by atoms with Crippen LogP contribution in [0.5, 0.6) is 5.75 Å². The van der Waals surface area contributed by atoms with Crippen molar-refractivity contribution in [2.45, 2.75) is 6.92 Å². The van der Waals surface area contributed by atoms with Crippen molar-refractivity contribution in [3.8, 4) is 5.75 Å². The molecule has 1 heterocycles. The van der Waals surface area contributed by atoms with Crippen molar-refractivity contribution in [1.29, 1.82) is 0 Å². The Morgan fingerprint density at radius 2 is 1.71 bits per heavy atom. The second-order valence-electron chi connectivity index (χ2n) is 5.88. The molecule has 5 nitrogen and oxygen atoms in total. The summed E-state index contributed by atoms with van der Waals surface area (Å²) < 4.78 is 5.28. The number of methoxy groups -OCH3 is 1. The van der Waals surface area contributed by atoms with Crippen molar-refractivity contribution in [1.82, 2.24) is 0 Å². The van der Waals surface area contributed by atoms with Crippen LogP contribution < -0.4 is 15.4 Å². The number of benzene rings is 2. The molecule has 8 heteroatoms. The number of carbonyl (C=O) groups is 2. The Hall–Kier alpha value is -2.54. The van der Waals surface area contributed by atoms with Crippen LogP contribution in [0.3, 0.4) is 0 Å². The first kappa shape index (κ1) is 20.2. The summed E-state index contributed by atoms with van der Waals surface area (Å²) in [7, 11) is 1.50. The minimum atomic E-state index is -0.372. The van der Waals surface area contributed by atoms with Gasteiger partial charge in [0.1, 0.15) is 5.75 Å². The van der Waals surface area contributed by atoms with E-state index in [1.165, 1.54) is 24.5 Å². The van der Waals surface area contributed by atoms with Crippen molar-refractivity contribution in [3.05, 3.63) is 73.9 Å². The zero-order valence-corrected chi connectivity index (χ0v) is 17.3. The maximum atomic E-state index is 12.7. The molecule has 0 atom stereocenters. The summed E-state index contributed by atoms with van der Waals surface area (Å²) in [5, 5.41) is 8.21. The molecular weight excluding hydrogens is 419 g/mol. The number of rotatable bonds is 5. The Kier molecular flexibility index (Phi) is 6.24. The van der Waals surface area contributed by atoms with Crippen LogP contribution in [0.1, 0.15) is 25.6 Å².